The summed E-state index contributed by atoms with van der Waals surface area (Å²) in [5.41, 5.74) is 0.388. The summed E-state index contributed by atoms with van der Waals surface area (Å²) >= 11 is 0. The number of carbonyl (C=O) groups excluding carboxylic acids is 1. The number of nitriles is 1. The first kappa shape index (κ1) is 12.4. The number of nitrogens with zero attached hydrogens (tertiary/aromatic N) is 3. The number of phenols is 2. The minimum absolute atomic E-state index is 0.153. The summed E-state index contributed by atoms with van der Waals surface area (Å²) in [6, 6.07) is 5.60. The van der Waals surface area contributed by atoms with Gasteiger partial charge in [0.25, 0.3) is 5.91 Å². The number of anilines is 1. The number of hydrogen-bond donors (Lipinski definition) is 3. The van der Waals surface area contributed by atoms with Gasteiger partial charge in [-0.25, -0.2) is 0 Å². The van der Waals surface area contributed by atoms with Crippen molar-refractivity contribution in [3.05, 3.63) is 35.5 Å². The van der Waals surface area contributed by atoms with E-state index >= 15 is 0 Å². The number of aryl methyl sites for hydroxylation is 1. The Hall–Kier alpha value is -3.01. The van der Waals surface area contributed by atoms with Gasteiger partial charge in [0.1, 0.15) is 17.5 Å². The van der Waals surface area contributed by atoms with Crippen molar-refractivity contribution in [1.82, 2.24) is 9.78 Å². The molecular weight excluding hydrogens is 248 g/mol. The molecule has 1 amide bonds. The summed E-state index contributed by atoms with van der Waals surface area (Å²) in [5.74, 6) is -0.955. The first-order chi connectivity index (χ1) is 9.02. The molecule has 7 heteroatoms. The van der Waals surface area contributed by atoms with Crippen LogP contribution in [0.2, 0.25) is 0 Å². The van der Waals surface area contributed by atoms with Crippen LogP contribution in [0.5, 0.6) is 11.5 Å². The van der Waals surface area contributed by atoms with Crippen molar-refractivity contribution in [2.45, 2.75) is 0 Å². The molecule has 0 spiro atoms. The van der Waals surface area contributed by atoms with Crippen LogP contribution in [0.25, 0.3) is 0 Å². The molecule has 0 atom stereocenters. The van der Waals surface area contributed by atoms with E-state index in [1.807, 2.05) is 6.07 Å². The van der Waals surface area contributed by atoms with Crippen LogP contribution in [0.15, 0.2) is 24.4 Å². The Labute approximate surface area is 108 Å². The van der Waals surface area contributed by atoms with E-state index < -0.39 is 11.7 Å². The zero-order chi connectivity index (χ0) is 14.0. The first-order valence-electron chi connectivity index (χ1n) is 5.28. The minimum Gasteiger partial charge on any atom is -0.504 e. The number of carbonyl (C=O) groups is 1. The summed E-state index contributed by atoms with van der Waals surface area (Å²) < 4.78 is 1.36. The summed E-state index contributed by atoms with van der Waals surface area (Å²) in [5, 5.41) is 33.7. The Morgan fingerprint density at radius 3 is 2.79 bits per heavy atom. The lowest BCUT2D eigenvalue weighted by Crippen LogP contribution is -2.15. The molecule has 1 heterocycles. The van der Waals surface area contributed by atoms with Crippen LogP contribution in [0.3, 0.4) is 0 Å². The van der Waals surface area contributed by atoms with E-state index in [0.29, 0.717) is 0 Å². The fraction of sp³-hybridized carbons (Fsp3) is 0.0833. The van der Waals surface area contributed by atoms with Crippen molar-refractivity contribution in [2.75, 3.05) is 5.32 Å². The van der Waals surface area contributed by atoms with E-state index in [2.05, 4.69) is 10.4 Å². The summed E-state index contributed by atoms with van der Waals surface area (Å²) in [7, 11) is 1.59. The van der Waals surface area contributed by atoms with Gasteiger partial charge >= 0.3 is 0 Å². The van der Waals surface area contributed by atoms with E-state index in [1.54, 1.807) is 7.05 Å². The van der Waals surface area contributed by atoms with Crippen molar-refractivity contribution in [2.24, 2.45) is 7.05 Å². The average Bonchev–Trinajstić information content (AvgIpc) is 2.74. The predicted octanol–water partition coefficient (Wildman–Crippen LogP) is 0.955. The standard InChI is InChI=1S/C12H10N4O3/c1-16-11(8(5-13)6-14-16)15-12(19)7-2-3-9(17)10(18)4-7/h2-4,6,17-18H,1H3,(H,15,19). The third-order valence-corrected chi connectivity index (χ3v) is 2.53. The Morgan fingerprint density at radius 2 is 2.16 bits per heavy atom. The van der Waals surface area contributed by atoms with Crippen molar-refractivity contribution < 1.29 is 15.0 Å². The number of nitrogens with one attached hydrogen (secondary N) is 1. The smallest absolute Gasteiger partial charge is 0.256 e. The number of aromatic hydroxyl groups is 2. The Morgan fingerprint density at radius 1 is 1.42 bits per heavy atom. The van der Waals surface area contributed by atoms with Crippen molar-refractivity contribution in [3.8, 4) is 17.6 Å². The molecule has 96 valence electrons. The van der Waals surface area contributed by atoms with Gasteiger partial charge in [0, 0.05) is 12.6 Å². The van der Waals surface area contributed by atoms with Gasteiger partial charge in [-0.1, -0.05) is 0 Å². The normalized spacial score (nSPS) is 9.89. The number of aromatic nitrogens is 2. The second-order valence-electron chi connectivity index (χ2n) is 3.80. The highest BCUT2D eigenvalue weighted by molar-refractivity contribution is 6.04. The lowest BCUT2D eigenvalue weighted by atomic mass is 10.2. The van der Waals surface area contributed by atoms with Crippen LogP contribution in [0.1, 0.15) is 15.9 Å². The molecule has 2 rings (SSSR count). The van der Waals surface area contributed by atoms with Crippen LogP contribution >= 0.6 is 0 Å². The molecule has 0 unspecified atom stereocenters. The lowest BCUT2D eigenvalue weighted by Gasteiger charge is -2.06. The molecule has 2 aromatic rings. The Balaban J connectivity index is 2.28. The number of rotatable bonds is 2. The molecule has 0 aliphatic carbocycles. The number of phenolic OH excluding ortho intramolecular Hbond substituents is 2. The van der Waals surface area contributed by atoms with Crippen LogP contribution in [0.4, 0.5) is 5.82 Å². The highest BCUT2D eigenvalue weighted by Gasteiger charge is 2.14. The molecule has 1 aromatic carbocycles. The molecule has 19 heavy (non-hydrogen) atoms. The predicted molar refractivity (Wildman–Crippen MR) is 65.6 cm³/mol. The molecule has 0 fully saturated rings. The van der Waals surface area contributed by atoms with Gasteiger partial charge < -0.3 is 15.5 Å². The molecule has 0 saturated carbocycles. The third-order valence-electron chi connectivity index (χ3n) is 2.53. The van der Waals surface area contributed by atoms with Crippen LogP contribution < -0.4 is 5.32 Å². The molecule has 0 radical (unpaired) electrons. The van der Waals surface area contributed by atoms with Gasteiger partial charge in [0.15, 0.2) is 11.5 Å². The van der Waals surface area contributed by atoms with E-state index in [0.717, 1.165) is 6.07 Å². The van der Waals surface area contributed by atoms with Crippen LogP contribution in [-0.4, -0.2) is 25.9 Å². The maximum Gasteiger partial charge on any atom is 0.256 e. The zero-order valence-corrected chi connectivity index (χ0v) is 9.95. The third kappa shape index (κ3) is 2.32. The zero-order valence-electron chi connectivity index (χ0n) is 9.95. The van der Waals surface area contributed by atoms with Crippen molar-refractivity contribution in [1.29, 1.82) is 5.26 Å². The number of benzene rings is 1. The van der Waals surface area contributed by atoms with Gasteiger partial charge in [0.05, 0.1) is 6.20 Å². The molecular formula is C12H10N4O3. The topological polar surface area (TPSA) is 111 Å². The maximum absolute atomic E-state index is 11.9. The SMILES string of the molecule is Cn1ncc(C#N)c1NC(=O)c1ccc(O)c(O)c1. The molecule has 7 nitrogen and oxygen atoms in total. The summed E-state index contributed by atoms with van der Waals surface area (Å²) in [6.07, 6.45) is 1.34. The maximum atomic E-state index is 11.9. The lowest BCUT2D eigenvalue weighted by molar-refractivity contribution is 0.102. The number of amides is 1. The molecule has 3 N–H and O–H groups in total. The van der Waals surface area contributed by atoms with Crippen molar-refractivity contribution >= 4 is 11.7 Å². The first-order valence-corrected chi connectivity index (χ1v) is 5.28. The van der Waals surface area contributed by atoms with Crippen molar-refractivity contribution in [3.63, 3.8) is 0 Å². The molecule has 0 aliphatic heterocycles. The van der Waals surface area contributed by atoms with Gasteiger partial charge in [0.2, 0.25) is 0 Å². The fourth-order valence-corrected chi connectivity index (χ4v) is 1.51. The van der Waals surface area contributed by atoms with E-state index in [4.69, 9.17) is 10.4 Å². The summed E-state index contributed by atoms with van der Waals surface area (Å²) in [4.78, 5) is 11.9. The minimum atomic E-state index is -0.518. The molecule has 0 bridgehead atoms. The Kier molecular flexibility index (Phi) is 3.08. The molecule has 0 saturated heterocycles. The number of hydrogen-bond acceptors (Lipinski definition) is 5. The monoisotopic (exact) mass is 258 g/mol. The second-order valence-corrected chi connectivity index (χ2v) is 3.80. The van der Waals surface area contributed by atoms with Gasteiger partial charge in [-0.3, -0.25) is 9.48 Å². The highest BCUT2D eigenvalue weighted by Crippen LogP contribution is 2.25. The fourth-order valence-electron chi connectivity index (χ4n) is 1.51. The average molecular weight is 258 g/mol. The van der Waals surface area contributed by atoms with Gasteiger partial charge in [-0.2, -0.15) is 10.4 Å². The second kappa shape index (κ2) is 4.70. The molecule has 0 aliphatic rings. The molecule has 1 aromatic heterocycles. The largest absolute Gasteiger partial charge is 0.504 e. The van der Waals surface area contributed by atoms with Gasteiger partial charge in [-0.15, -0.1) is 0 Å². The summed E-state index contributed by atoms with van der Waals surface area (Å²) in [6.45, 7) is 0. The van der Waals surface area contributed by atoms with E-state index in [1.165, 1.54) is 23.0 Å². The quantitative estimate of drug-likeness (QED) is 0.694. The van der Waals surface area contributed by atoms with Crippen LogP contribution in [0, 0.1) is 11.3 Å². The highest BCUT2D eigenvalue weighted by atomic mass is 16.3. The van der Waals surface area contributed by atoms with E-state index in [9.17, 15) is 9.90 Å². The van der Waals surface area contributed by atoms with E-state index in [-0.39, 0.29) is 22.7 Å². The van der Waals surface area contributed by atoms with Gasteiger partial charge in [-0.05, 0) is 18.2 Å². The Bertz CT molecular complexity index is 685. The van der Waals surface area contributed by atoms with Crippen LogP contribution in [-0.2, 0) is 7.05 Å².